The number of ether oxygens (including phenoxy) is 2. The molecule has 7 heteroatoms. The number of hydrogen-bond donors (Lipinski definition) is 2. The SMILES string of the molecule is COc1ccc(NC(=S)N2[C@@H]3CCC[C@@H]2CC(NC(=O)C(C)(C)C)C3)c(OC)c1. The van der Waals surface area contributed by atoms with E-state index in [1.165, 1.54) is 6.42 Å². The molecule has 1 aromatic rings. The predicted octanol–water partition coefficient (Wildman–Crippen LogP) is 3.95. The number of methoxy groups -OCH3 is 2. The molecular formula is C22H33N3O3S. The van der Waals surface area contributed by atoms with E-state index in [-0.39, 0.29) is 17.4 Å². The molecule has 0 aliphatic carbocycles. The Labute approximate surface area is 179 Å². The third-order valence-corrected chi connectivity index (χ3v) is 6.19. The molecular weight excluding hydrogens is 386 g/mol. The van der Waals surface area contributed by atoms with Crippen molar-refractivity contribution in [2.45, 2.75) is 71.0 Å². The maximum absolute atomic E-state index is 12.4. The molecule has 1 amide bonds. The number of amides is 1. The first kappa shape index (κ1) is 21.7. The maximum atomic E-state index is 12.4. The van der Waals surface area contributed by atoms with E-state index in [0.29, 0.717) is 17.8 Å². The zero-order valence-electron chi connectivity index (χ0n) is 18.1. The van der Waals surface area contributed by atoms with Gasteiger partial charge in [0.2, 0.25) is 5.91 Å². The molecule has 2 N–H and O–H groups in total. The summed E-state index contributed by atoms with van der Waals surface area (Å²) in [5.74, 6) is 1.56. The predicted molar refractivity (Wildman–Crippen MR) is 120 cm³/mol. The number of thiocarbonyl (C=S) groups is 1. The second-order valence-electron chi connectivity index (χ2n) is 9.03. The van der Waals surface area contributed by atoms with Crippen LogP contribution >= 0.6 is 12.2 Å². The molecule has 2 heterocycles. The van der Waals surface area contributed by atoms with E-state index in [1.807, 2.05) is 39.0 Å². The number of benzene rings is 1. The summed E-state index contributed by atoms with van der Waals surface area (Å²) in [7, 11) is 3.28. The van der Waals surface area contributed by atoms with Gasteiger partial charge in [0.1, 0.15) is 11.5 Å². The van der Waals surface area contributed by atoms with Gasteiger partial charge in [-0.15, -0.1) is 0 Å². The first-order valence-corrected chi connectivity index (χ1v) is 10.8. The summed E-state index contributed by atoms with van der Waals surface area (Å²) in [5, 5.41) is 7.37. The van der Waals surface area contributed by atoms with E-state index in [9.17, 15) is 4.79 Å². The fraction of sp³-hybridized carbons (Fsp3) is 0.636. The van der Waals surface area contributed by atoms with Gasteiger partial charge in [-0.25, -0.2) is 0 Å². The van der Waals surface area contributed by atoms with Crippen molar-refractivity contribution in [2.75, 3.05) is 19.5 Å². The summed E-state index contributed by atoms with van der Waals surface area (Å²) >= 11 is 5.81. The van der Waals surface area contributed by atoms with E-state index in [4.69, 9.17) is 21.7 Å². The number of nitrogens with one attached hydrogen (secondary N) is 2. The molecule has 1 aromatic carbocycles. The van der Waals surface area contributed by atoms with Crippen molar-refractivity contribution in [1.29, 1.82) is 0 Å². The molecule has 6 nitrogen and oxygen atoms in total. The van der Waals surface area contributed by atoms with Crippen LogP contribution in [0.4, 0.5) is 5.69 Å². The third kappa shape index (κ3) is 4.94. The molecule has 0 saturated carbocycles. The number of carbonyl (C=O) groups excluding carboxylic acids is 1. The van der Waals surface area contributed by atoms with Gasteiger partial charge in [-0.05, 0) is 56.5 Å². The lowest BCUT2D eigenvalue weighted by atomic mass is 9.81. The molecule has 2 bridgehead atoms. The molecule has 0 radical (unpaired) electrons. The zero-order chi connectivity index (χ0) is 21.2. The lowest BCUT2D eigenvalue weighted by Gasteiger charge is -2.50. The normalized spacial score (nSPS) is 23.9. The first-order valence-electron chi connectivity index (χ1n) is 10.3. The summed E-state index contributed by atoms with van der Waals surface area (Å²) in [4.78, 5) is 14.8. The molecule has 2 fully saturated rings. The standard InChI is InChI=1S/C22H33N3O3S/c1-22(2,3)20(26)23-14-11-15-7-6-8-16(12-14)25(15)21(29)24-18-10-9-17(27-4)13-19(18)28-5/h9-10,13-16H,6-8,11-12H2,1-5H3,(H,23,26)(H,24,29)/t15-,16-/m1/s1. The Balaban J connectivity index is 1.70. The Morgan fingerprint density at radius 1 is 1.14 bits per heavy atom. The maximum Gasteiger partial charge on any atom is 0.225 e. The third-order valence-electron chi connectivity index (χ3n) is 5.88. The van der Waals surface area contributed by atoms with Crippen molar-refractivity contribution in [2.24, 2.45) is 5.41 Å². The van der Waals surface area contributed by atoms with Gasteiger partial charge in [-0.3, -0.25) is 4.79 Å². The van der Waals surface area contributed by atoms with E-state index in [2.05, 4.69) is 15.5 Å². The highest BCUT2D eigenvalue weighted by atomic mass is 32.1. The number of carbonyl (C=O) groups is 1. The van der Waals surface area contributed by atoms with Crippen LogP contribution in [0.5, 0.6) is 11.5 Å². The Morgan fingerprint density at radius 3 is 2.34 bits per heavy atom. The van der Waals surface area contributed by atoms with Crippen molar-refractivity contribution >= 4 is 28.9 Å². The average Bonchev–Trinajstić information content (AvgIpc) is 2.66. The van der Waals surface area contributed by atoms with Crippen molar-refractivity contribution in [1.82, 2.24) is 10.2 Å². The highest BCUT2D eigenvalue weighted by Gasteiger charge is 2.40. The largest absolute Gasteiger partial charge is 0.497 e. The van der Waals surface area contributed by atoms with E-state index in [0.717, 1.165) is 42.2 Å². The molecule has 2 aliphatic heterocycles. The van der Waals surface area contributed by atoms with Gasteiger partial charge in [0, 0.05) is 29.6 Å². The van der Waals surface area contributed by atoms with Gasteiger partial charge in [-0.1, -0.05) is 20.8 Å². The number of fused-ring (bicyclic) bond motifs is 2. The quantitative estimate of drug-likeness (QED) is 0.721. The molecule has 2 aliphatic rings. The van der Waals surface area contributed by atoms with Crippen LogP contribution in [0.25, 0.3) is 0 Å². The van der Waals surface area contributed by atoms with Gasteiger partial charge < -0.3 is 25.0 Å². The van der Waals surface area contributed by atoms with Crippen LogP contribution in [0, 0.1) is 5.41 Å². The van der Waals surface area contributed by atoms with Crippen LogP contribution in [-0.4, -0.2) is 48.3 Å². The smallest absolute Gasteiger partial charge is 0.225 e. The molecule has 2 atom stereocenters. The topological polar surface area (TPSA) is 62.8 Å². The molecule has 0 spiro atoms. The fourth-order valence-corrected chi connectivity index (χ4v) is 4.72. The minimum atomic E-state index is -0.367. The fourth-order valence-electron chi connectivity index (χ4n) is 4.31. The van der Waals surface area contributed by atoms with Gasteiger partial charge in [0.05, 0.1) is 19.9 Å². The minimum absolute atomic E-state index is 0.123. The highest BCUT2D eigenvalue weighted by Crippen LogP contribution is 2.36. The molecule has 29 heavy (non-hydrogen) atoms. The van der Waals surface area contributed by atoms with Gasteiger partial charge in [-0.2, -0.15) is 0 Å². The van der Waals surface area contributed by atoms with Crippen molar-refractivity contribution in [3.63, 3.8) is 0 Å². The number of rotatable bonds is 4. The Kier molecular flexibility index (Phi) is 6.56. The monoisotopic (exact) mass is 419 g/mol. The van der Waals surface area contributed by atoms with E-state index < -0.39 is 0 Å². The molecule has 0 aromatic heterocycles. The van der Waals surface area contributed by atoms with Crippen molar-refractivity contribution < 1.29 is 14.3 Å². The van der Waals surface area contributed by atoms with Crippen LogP contribution in [0.2, 0.25) is 0 Å². The summed E-state index contributed by atoms with van der Waals surface area (Å²) < 4.78 is 10.8. The minimum Gasteiger partial charge on any atom is -0.497 e. The summed E-state index contributed by atoms with van der Waals surface area (Å²) in [5.41, 5.74) is 0.466. The second-order valence-corrected chi connectivity index (χ2v) is 9.42. The number of anilines is 1. The molecule has 0 unspecified atom stereocenters. The van der Waals surface area contributed by atoms with Crippen LogP contribution in [-0.2, 0) is 4.79 Å². The zero-order valence-corrected chi connectivity index (χ0v) is 18.9. The summed E-state index contributed by atoms with van der Waals surface area (Å²) in [6.07, 6.45) is 5.26. The molecule has 3 rings (SSSR count). The summed E-state index contributed by atoms with van der Waals surface area (Å²) in [6.45, 7) is 5.87. The van der Waals surface area contributed by atoms with Crippen LogP contribution in [0.15, 0.2) is 18.2 Å². The highest BCUT2D eigenvalue weighted by molar-refractivity contribution is 7.80. The molecule has 160 valence electrons. The second kappa shape index (κ2) is 8.78. The van der Waals surface area contributed by atoms with Crippen molar-refractivity contribution in [3.8, 4) is 11.5 Å². The lowest BCUT2D eigenvalue weighted by Crippen LogP contribution is -2.60. The Hall–Kier alpha value is -2.02. The van der Waals surface area contributed by atoms with Crippen LogP contribution in [0.3, 0.4) is 0 Å². The Bertz CT molecular complexity index is 748. The van der Waals surface area contributed by atoms with E-state index in [1.54, 1.807) is 14.2 Å². The first-order chi connectivity index (χ1) is 13.7. The van der Waals surface area contributed by atoms with Crippen molar-refractivity contribution in [3.05, 3.63) is 18.2 Å². The Morgan fingerprint density at radius 2 is 1.79 bits per heavy atom. The number of piperidine rings is 2. The van der Waals surface area contributed by atoms with Gasteiger partial charge in [0.15, 0.2) is 5.11 Å². The van der Waals surface area contributed by atoms with Gasteiger partial charge in [0.25, 0.3) is 0 Å². The molecule has 2 saturated heterocycles. The van der Waals surface area contributed by atoms with Crippen LogP contribution < -0.4 is 20.1 Å². The van der Waals surface area contributed by atoms with Gasteiger partial charge >= 0.3 is 0 Å². The van der Waals surface area contributed by atoms with Crippen LogP contribution in [0.1, 0.15) is 52.9 Å². The number of nitrogens with zero attached hydrogens (tertiary/aromatic N) is 1. The number of hydrogen-bond acceptors (Lipinski definition) is 4. The summed E-state index contributed by atoms with van der Waals surface area (Å²) in [6, 6.07) is 6.57. The van der Waals surface area contributed by atoms with E-state index >= 15 is 0 Å². The average molecular weight is 420 g/mol. The lowest BCUT2D eigenvalue weighted by molar-refractivity contribution is -0.129.